The number of hydrogen-bond donors (Lipinski definition) is 3. The van der Waals surface area contributed by atoms with E-state index in [1.165, 1.54) is 19.3 Å². The van der Waals surface area contributed by atoms with Gasteiger partial charge in [0.25, 0.3) is 0 Å². The van der Waals surface area contributed by atoms with Crippen LogP contribution >= 0.6 is 0 Å². The van der Waals surface area contributed by atoms with Crippen LogP contribution in [0.1, 0.15) is 70.8 Å². The van der Waals surface area contributed by atoms with Gasteiger partial charge in [0.2, 0.25) is 0 Å². The van der Waals surface area contributed by atoms with Gasteiger partial charge in [-0.1, -0.05) is 13.0 Å². The van der Waals surface area contributed by atoms with Gasteiger partial charge in [-0.2, -0.15) is 0 Å². The second kappa shape index (κ2) is 7.35. The summed E-state index contributed by atoms with van der Waals surface area (Å²) in [6.45, 7) is 4.93. The SMILES string of the molecule is CC(=O)O[C@@H]1C[C@]2(O)[C@H](CC(=O)[C@]3(C)[C@@H](c4ccc(=O)oc4)CC[C@]23O)[C@@]2(C)CC[C@H](O)C=C12. The van der Waals surface area contributed by atoms with Gasteiger partial charge in [0.05, 0.1) is 17.8 Å². The number of carbonyl (C=O) groups excluding carboxylic acids is 2. The summed E-state index contributed by atoms with van der Waals surface area (Å²) >= 11 is 0. The van der Waals surface area contributed by atoms with Crippen LogP contribution in [0.25, 0.3) is 0 Å². The number of aliphatic hydroxyl groups is 3. The molecule has 4 aliphatic carbocycles. The van der Waals surface area contributed by atoms with Crippen LogP contribution in [0.5, 0.6) is 0 Å². The maximum absolute atomic E-state index is 13.9. The molecule has 5 rings (SSSR count). The third kappa shape index (κ3) is 2.85. The van der Waals surface area contributed by atoms with E-state index < -0.39 is 57.7 Å². The molecule has 0 unspecified atom stereocenters. The van der Waals surface area contributed by atoms with Crippen molar-refractivity contribution in [2.24, 2.45) is 16.7 Å². The van der Waals surface area contributed by atoms with Gasteiger partial charge in [-0.25, -0.2) is 4.79 Å². The van der Waals surface area contributed by atoms with Crippen LogP contribution in [0.15, 0.2) is 39.3 Å². The average molecular weight is 473 g/mol. The molecule has 184 valence electrons. The first kappa shape index (κ1) is 23.5. The van der Waals surface area contributed by atoms with E-state index in [-0.39, 0.29) is 25.0 Å². The first-order valence-electron chi connectivity index (χ1n) is 12.0. The van der Waals surface area contributed by atoms with E-state index in [4.69, 9.17) is 9.15 Å². The van der Waals surface area contributed by atoms with E-state index in [2.05, 4.69) is 0 Å². The summed E-state index contributed by atoms with van der Waals surface area (Å²) in [6.07, 6.45) is 3.09. The molecule has 1 heterocycles. The Morgan fingerprint density at radius 1 is 1.15 bits per heavy atom. The highest BCUT2D eigenvalue weighted by Crippen LogP contribution is 2.70. The molecule has 3 saturated carbocycles. The van der Waals surface area contributed by atoms with Crippen LogP contribution in [0, 0.1) is 16.7 Å². The maximum atomic E-state index is 13.9. The lowest BCUT2D eigenvalue weighted by Crippen LogP contribution is -2.75. The lowest BCUT2D eigenvalue weighted by Gasteiger charge is -2.65. The first-order chi connectivity index (χ1) is 15.9. The van der Waals surface area contributed by atoms with E-state index in [0.717, 1.165) is 5.57 Å². The molecule has 0 spiro atoms. The van der Waals surface area contributed by atoms with Gasteiger partial charge >= 0.3 is 11.6 Å². The number of ether oxygens (including phenoxy) is 1. The Hall–Kier alpha value is -2.29. The van der Waals surface area contributed by atoms with Crippen LogP contribution in [0.3, 0.4) is 0 Å². The van der Waals surface area contributed by atoms with E-state index in [1.807, 2.05) is 6.92 Å². The number of carbonyl (C=O) groups is 2. The summed E-state index contributed by atoms with van der Waals surface area (Å²) in [5.74, 6) is -1.69. The first-order valence-corrected chi connectivity index (χ1v) is 12.0. The predicted octanol–water partition coefficient (Wildman–Crippen LogP) is 2.00. The molecule has 0 bridgehead atoms. The molecule has 0 saturated heterocycles. The zero-order chi connectivity index (χ0) is 24.7. The van der Waals surface area contributed by atoms with E-state index in [1.54, 1.807) is 19.1 Å². The molecule has 8 atom stereocenters. The number of Topliss-reactive ketones (excluding diaryl/α,β-unsaturated/α-hetero) is 1. The quantitative estimate of drug-likeness (QED) is 0.440. The highest BCUT2D eigenvalue weighted by Gasteiger charge is 2.77. The Labute approximate surface area is 197 Å². The van der Waals surface area contributed by atoms with E-state index in [9.17, 15) is 29.7 Å². The van der Waals surface area contributed by atoms with Crippen LogP contribution in [-0.4, -0.2) is 50.5 Å². The predicted molar refractivity (Wildman–Crippen MR) is 120 cm³/mol. The molecule has 34 heavy (non-hydrogen) atoms. The van der Waals surface area contributed by atoms with Gasteiger partial charge in [-0.15, -0.1) is 0 Å². The molecule has 0 aliphatic heterocycles. The topological polar surface area (TPSA) is 134 Å². The minimum absolute atomic E-state index is 0.0542. The summed E-state index contributed by atoms with van der Waals surface area (Å²) in [5, 5.41) is 35.0. The normalized spacial score (nSPS) is 45.6. The van der Waals surface area contributed by atoms with Gasteiger partial charge in [0, 0.05) is 37.7 Å². The smallest absolute Gasteiger partial charge is 0.335 e. The molecule has 0 aromatic carbocycles. The largest absolute Gasteiger partial charge is 0.458 e. The fourth-order valence-corrected chi connectivity index (χ4v) is 7.89. The molecule has 0 radical (unpaired) electrons. The monoisotopic (exact) mass is 472 g/mol. The zero-order valence-electron chi connectivity index (χ0n) is 19.7. The molecule has 1 aromatic heterocycles. The Kier molecular flexibility index (Phi) is 5.07. The van der Waals surface area contributed by atoms with Crippen molar-refractivity contribution in [3.05, 3.63) is 46.0 Å². The highest BCUT2D eigenvalue weighted by atomic mass is 16.5. The number of ketones is 1. The van der Waals surface area contributed by atoms with Crippen molar-refractivity contribution in [2.45, 2.75) is 88.6 Å². The minimum atomic E-state index is -1.77. The van der Waals surface area contributed by atoms with Gasteiger partial charge in [-0.05, 0) is 55.2 Å². The fraction of sp³-hybridized carbons (Fsp3) is 0.654. The number of rotatable bonds is 2. The van der Waals surface area contributed by atoms with Crippen molar-refractivity contribution in [3.63, 3.8) is 0 Å². The molecule has 1 aromatic rings. The summed E-state index contributed by atoms with van der Waals surface area (Å²) < 4.78 is 10.7. The summed E-state index contributed by atoms with van der Waals surface area (Å²) in [5.41, 5.74) is -4.66. The van der Waals surface area contributed by atoms with E-state index >= 15 is 0 Å². The molecule has 8 heteroatoms. The molecule has 8 nitrogen and oxygen atoms in total. The summed E-state index contributed by atoms with van der Waals surface area (Å²) in [7, 11) is 0. The number of aliphatic hydroxyl groups excluding tert-OH is 1. The Morgan fingerprint density at radius 2 is 1.88 bits per heavy atom. The third-order valence-electron chi connectivity index (χ3n) is 9.65. The van der Waals surface area contributed by atoms with Crippen LogP contribution in [-0.2, 0) is 14.3 Å². The lowest BCUT2D eigenvalue weighted by molar-refractivity contribution is -0.273. The molecule has 4 aliphatic rings. The number of hydrogen-bond acceptors (Lipinski definition) is 8. The van der Waals surface area contributed by atoms with Crippen molar-refractivity contribution in [1.29, 1.82) is 0 Å². The van der Waals surface area contributed by atoms with E-state index in [0.29, 0.717) is 24.8 Å². The third-order valence-corrected chi connectivity index (χ3v) is 9.65. The van der Waals surface area contributed by atoms with Crippen LogP contribution in [0.2, 0.25) is 0 Å². The van der Waals surface area contributed by atoms with Crippen molar-refractivity contribution >= 4 is 11.8 Å². The van der Waals surface area contributed by atoms with Crippen molar-refractivity contribution in [3.8, 4) is 0 Å². The van der Waals surface area contributed by atoms with Crippen molar-refractivity contribution in [1.82, 2.24) is 0 Å². The Morgan fingerprint density at radius 3 is 2.53 bits per heavy atom. The van der Waals surface area contributed by atoms with Crippen LogP contribution in [0.4, 0.5) is 0 Å². The number of fused-ring (bicyclic) bond motifs is 5. The lowest BCUT2D eigenvalue weighted by atomic mass is 9.42. The van der Waals surface area contributed by atoms with Crippen molar-refractivity contribution < 1.29 is 34.1 Å². The van der Waals surface area contributed by atoms with Gasteiger partial charge in [0.15, 0.2) is 0 Å². The second-order valence-electron chi connectivity index (χ2n) is 11.1. The van der Waals surface area contributed by atoms with Crippen LogP contribution < -0.4 is 5.63 Å². The van der Waals surface area contributed by atoms with Gasteiger partial charge in [-0.3, -0.25) is 9.59 Å². The standard InChI is InChI=1S/C26H32O8/c1-14(27)34-19-12-25(31)20(23(2)8-6-16(28)10-18(19)23)11-21(29)24(3)17(7-9-26(24,25)32)15-4-5-22(30)33-13-15/h4-5,10,13,16-17,19-20,28,31-32H,6-9,11-12H2,1-3H3/t16-,17+,19+,20+,23-,24-,25-,26+/m0/s1. The summed E-state index contributed by atoms with van der Waals surface area (Å²) in [4.78, 5) is 37.3. The molecule has 3 N–H and O–H groups in total. The molecule has 0 amide bonds. The maximum Gasteiger partial charge on any atom is 0.335 e. The van der Waals surface area contributed by atoms with Gasteiger partial charge in [0.1, 0.15) is 23.1 Å². The minimum Gasteiger partial charge on any atom is -0.458 e. The Balaban J connectivity index is 1.65. The van der Waals surface area contributed by atoms with Gasteiger partial charge < -0.3 is 24.5 Å². The Bertz CT molecular complexity index is 1120. The molecular formula is C26H32O8. The zero-order valence-corrected chi connectivity index (χ0v) is 19.7. The highest BCUT2D eigenvalue weighted by molar-refractivity contribution is 5.90. The number of esters is 1. The second-order valence-corrected chi connectivity index (χ2v) is 11.1. The summed E-state index contributed by atoms with van der Waals surface area (Å²) in [6, 6.07) is 2.91. The average Bonchev–Trinajstić information content (AvgIpc) is 3.06. The molecular weight excluding hydrogens is 440 g/mol. The fourth-order valence-electron chi connectivity index (χ4n) is 7.89. The molecule has 3 fully saturated rings. The van der Waals surface area contributed by atoms with Crippen molar-refractivity contribution in [2.75, 3.05) is 0 Å².